The first kappa shape index (κ1) is 22.3. The second kappa shape index (κ2) is 7.75. The van der Waals surface area contributed by atoms with Gasteiger partial charge in [0.1, 0.15) is 11.4 Å². The fraction of sp³-hybridized carbons (Fsp3) is 0.350. The van der Waals surface area contributed by atoms with Crippen molar-refractivity contribution < 1.29 is 31.1 Å². The highest BCUT2D eigenvalue weighted by atomic mass is 19.4. The van der Waals surface area contributed by atoms with Gasteiger partial charge in [0.25, 0.3) is 0 Å². The molecule has 0 spiro atoms. The first-order chi connectivity index (χ1) is 16.0. The van der Waals surface area contributed by atoms with Crippen molar-refractivity contribution in [1.29, 1.82) is 0 Å². The van der Waals surface area contributed by atoms with Crippen LogP contribution in [0.2, 0.25) is 0 Å². The van der Waals surface area contributed by atoms with E-state index >= 15 is 0 Å². The van der Waals surface area contributed by atoms with Crippen molar-refractivity contribution in [3.05, 3.63) is 47.9 Å². The standard InChI is InChI=1S/C20H15F6N7O/c21-19(22,23)9-4-10(6-28-5-9)33(15-11-7-34-8-12(11)15)18-31-16(30-17(27)32-18)13-2-1-3-14(29-13)20(24,25)26/h1-6,11-12,15H,7-8H2,(H2,27,30,31,32). The topological polar surface area (TPSA) is 103 Å². The molecule has 0 amide bonds. The maximum atomic E-state index is 13.3. The third-order valence-corrected chi connectivity index (χ3v) is 5.66. The molecule has 2 N–H and O–H groups in total. The summed E-state index contributed by atoms with van der Waals surface area (Å²) in [5, 5.41) is 0. The summed E-state index contributed by atoms with van der Waals surface area (Å²) in [5.74, 6) is -0.667. The zero-order valence-corrected chi connectivity index (χ0v) is 17.0. The van der Waals surface area contributed by atoms with Gasteiger partial charge in [-0.25, -0.2) is 4.98 Å². The summed E-state index contributed by atoms with van der Waals surface area (Å²) < 4.78 is 84.7. The van der Waals surface area contributed by atoms with Crippen LogP contribution in [-0.2, 0) is 17.1 Å². The van der Waals surface area contributed by atoms with Crippen molar-refractivity contribution in [1.82, 2.24) is 24.9 Å². The lowest BCUT2D eigenvalue weighted by molar-refractivity contribution is -0.141. The van der Waals surface area contributed by atoms with Gasteiger partial charge in [0, 0.05) is 24.1 Å². The number of pyridine rings is 2. The Labute approximate surface area is 187 Å². The van der Waals surface area contributed by atoms with Gasteiger partial charge in [0.2, 0.25) is 11.9 Å². The molecule has 3 aromatic heterocycles. The second-order valence-corrected chi connectivity index (χ2v) is 7.88. The number of nitrogens with two attached hydrogens (primary N) is 1. The molecule has 0 radical (unpaired) electrons. The monoisotopic (exact) mass is 483 g/mol. The number of rotatable bonds is 4. The van der Waals surface area contributed by atoms with E-state index in [1.165, 1.54) is 17.2 Å². The minimum absolute atomic E-state index is 0.0164. The number of halogens is 6. The van der Waals surface area contributed by atoms with E-state index < -0.39 is 23.6 Å². The highest BCUT2D eigenvalue weighted by molar-refractivity contribution is 5.63. The van der Waals surface area contributed by atoms with Crippen LogP contribution < -0.4 is 10.6 Å². The molecule has 0 aromatic carbocycles. The van der Waals surface area contributed by atoms with Gasteiger partial charge in [-0.2, -0.15) is 41.3 Å². The van der Waals surface area contributed by atoms with E-state index in [0.717, 1.165) is 18.2 Å². The SMILES string of the molecule is Nc1nc(-c2cccc(C(F)(F)F)n2)nc(N(c2cncc(C(F)(F)F)c2)C2C3COCC32)n1. The van der Waals surface area contributed by atoms with Gasteiger partial charge in [0.05, 0.1) is 30.7 Å². The van der Waals surface area contributed by atoms with Gasteiger partial charge in [-0.15, -0.1) is 0 Å². The predicted molar refractivity (Wildman–Crippen MR) is 105 cm³/mol. The van der Waals surface area contributed by atoms with Crippen molar-refractivity contribution >= 4 is 17.6 Å². The third kappa shape index (κ3) is 4.08. The van der Waals surface area contributed by atoms with Crippen LogP contribution in [-0.4, -0.2) is 44.2 Å². The minimum atomic E-state index is -4.70. The largest absolute Gasteiger partial charge is 0.433 e. The molecule has 4 heterocycles. The van der Waals surface area contributed by atoms with Crippen molar-refractivity contribution in [2.24, 2.45) is 11.8 Å². The number of fused-ring (bicyclic) bond motifs is 1. The summed E-state index contributed by atoms with van der Waals surface area (Å²) in [6.45, 7) is 0.807. The molecule has 2 atom stereocenters. The maximum absolute atomic E-state index is 13.3. The Hall–Kier alpha value is -3.55. The van der Waals surface area contributed by atoms with E-state index in [1.54, 1.807) is 0 Å². The quantitative estimate of drug-likeness (QED) is 0.560. The molecule has 1 saturated carbocycles. The Morgan fingerprint density at radius 2 is 1.65 bits per heavy atom. The first-order valence-electron chi connectivity index (χ1n) is 9.98. The molecule has 1 aliphatic heterocycles. The molecule has 2 aliphatic rings. The Morgan fingerprint density at radius 3 is 2.32 bits per heavy atom. The molecule has 1 aliphatic carbocycles. The van der Waals surface area contributed by atoms with E-state index in [4.69, 9.17) is 10.5 Å². The third-order valence-electron chi connectivity index (χ3n) is 5.66. The summed E-state index contributed by atoms with van der Waals surface area (Å²) >= 11 is 0. The molecule has 2 unspecified atom stereocenters. The Bertz CT molecular complexity index is 1220. The van der Waals surface area contributed by atoms with Crippen LogP contribution in [0.15, 0.2) is 36.7 Å². The zero-order chi connectivity index (χ0) is 24.3. The number of nitrogens with zero attached hydrogens (tertiary/aromatic N) is 6. The average Bonchev–Trinajstić information content (AvgIpc) is 3.21. The number of anilines is 3. The van der Waals surface area contributed by atoms with Crippen molar-refractivity contribution in [2.75, 3.05) is 23.8 Å². The van der Waals surface area contributed by atoms with Gasteiger partial charge in [0.15, 0.2) is 5.82 Å². The summed E-state index contributed by atoms with van der Waals surface area (Å²) in [6, 6.07) is 3.81. The van der Waals surface area contributed by atoms with E-state index in [-0.39, 0.29) is 47.0 Å². The smallest absolute Gasteiger partial charge is 0.381 e. The van der Waals surface area contributed by atoms with Gasteiger partial charge in [-0.3, -0.25) is 4.98 Å². The van der Waals surface area contributed by atoms with E-state index in [1.807, 2.05) is 0 Å². The van der Waals surface area contributed by atoms with Crippen LogP contribution in [0.1, 0.15) is 11.3 Å². The maximum Gasteiger partial charge on any atom is 0.433 e. The van der Waals surface area contributed by atoms with Crippen LogP contribution in [0.25, 0.3) is 11.5 Å². The molecular weight excluding hydrogens is 468 g/mol. The number of alkyl halides is 6. The number of ether oxygens (including phenoxy) is 1. The van der Waals surface area contributed by atoms with E-state index in [9.17, 15) is 26.3 Å². The lowest BCUT2D eigenvalue weighted by atomic mass is 10.2. The molecule has 0 bridgehead atoms. The highest BCUT2D eigenvalue weighted by Crippen LogP contribution is 2.51. The fourth-order valence-electron chi connectivity index (χ4n) is 4.05. The molecular formula is C20H15F6N7O. The summed E-state index contributed by atoms with van der Waals surface area (Å²) in [6.07, 6.45) is -7.41. The fourth-order valence-corrected chi connectivity index (χ4v) is 4.05. The molecule has 178 valence electrons. The lowest BCUT2D eigenvalue weighted by Crippen LogP contribution is -2.28. The molecule has 3 aromatic rings. The van der Waals surface area contributed by atoms with Crippen LogP contribution in [0.5, 0.6) is 0 Å². The number of aromatic nitrogens is 5. The van der Waals surface area contributed by atoms with Gasteiger partial charge < -0.3 is 15.4 Å². The minimum Gasteiger partial charge on any atom is -0.381 e. The number of hydrogen-bond acceptors (Lipinski definition) is 8. The Balaban J connectivity index is 1.60. The molecule has 34 heavy (non-hydrogen) atoms. The van der Waals surface area contributed by atoms with Crippen LogP contribution in [0.4, 0.5) is 43.9 Å². The molecule has 8 nitrogen and oxygen atoms in total. The second-order valence-electron chi connectivity index (χ2n) is 7.88. The normalized spacial score (nSPS) is 21.9. The number of hydrogen-bond donors (Lipinski definition) is 1. The molecule has 1 saturated heterocycles. The summed E-state index contributed by atoms with van der Waals surface area (Å²) in [4.78, 5) is 20.9. The van der Waals surface area contributed by atoms with Crippen molar-refractivity contribution in [3.63, 3.8) is 0 Å². The van der Waals surface area contributed by atoms with Crippen molar-refractivity contribution in [2.45, 2.75) is 18.4 Å². The zero-order valence-electron chi connectivity index (χ0n) is 17.0. The van der Waals surface area contributed by atoms with Gasteiger partial charge in [-0.05, 0) is 18.2 Å². The van der Waals surface area contributed by atoms with Crippen LogP contribution in [0.3, 0.4) is 0 Å². The number of nitrogen functional groups attached to an aromatic ring is 1. The van der Waals surface area contributed by atoms with E-state index in [2.05, 4.69) is 24.9 Å². The highest BCUT2D eigenvalue weighted by Gasteiger charge is 2.58. The molecule has 5 rings (SSSR count). The first-order valence-corrected chi connectivity index (χ1v) is 9.98. The van der Waals surface area contributed by atoms with Gasteiger partial charge in [-0.1, -0.05) is 6.07 Å². The molecule has 14 heteroatoms. The van der Waals surface area contributed by atoms with Crippen LogP contribution >= 0.6 is 0 Å². The lowest BCUT2D eigenvalue weighted by Gasteiger charge is -2.25. The Kier molecular flexibility index (Phi) is 5.07. The average molecular weight is 483 g/mol. The van der Waals surface area contributed by atoms with Crippen molar-refractivity contribution in [3.8, 4) is 11.5 Å². The summed E-state index contributed by atoms with van der Waals surface area (Å²) in [7, 11) is 0. The Morgan fingerprint density at radius 1 is 0.912 bits per heavy atom. The van der Waals surface area contributed by atoms with E-state index in [0.29, 0.717) is 19.4 Å². The molecule has 2 fully saturated rings. The summed E-state index contributed by atoms with van der Waals surface area (Å²) in [5.41, 5.74) is 3.53. The van der Waals surface area contributed by atoms with Gasteiger partial charge >= 0.3 is 12.4 Å². The predicted octanol–water partition coefficient (Wildman–Crippen LogP) is 3.73. The van der Waals surface area contributed by atoms with Crippen LogP contribution in [0, 0.1) is 11.8 Å².